The molecule has 0 atom stereocenters. The lowest BCUT2D eigenvalue weighted by molar-refractivity contribution is 0.532. The standard InChI is InChI=1S/C17H10N2O2/c20-17-12-6-2-1-5-11(12)9-16(21-17)15-10-18-13-7-3-4-8-14(13)19-15/h1-10H. The van der Waals surface area contributed by atoms with Crippen LogP contribution in [0, 0.1) is 0 Å². The van der Waals surface area contributed by atoms with Gasteiger partial charge in [-0.1, -0.05) is 30.3 Å². The molecule has 0 N–H and O–H groups in total. The summed E-state index contributed by atoms with van der Waals surface area (Å²) in [5, 5.41) is 1.40. The van der Waals surface area contributed by atoms with Crippen molar-refractivity contribution in [1.82, 2.24) is 9.97 Å². The van der Waals surface area contributed by atoms with E-state index in [-0.39, 0.29) is 5.63 Å². The fourth-order valence-electron chi connectivity index (χ4n) is 2.34. The molecule has 0 saturated heterocycles. The minimum absolute atomic E-state index is 0.363. The van der Waals surface area contributed by atoms with E-state index in [9.17, 15) is 4.79 Å². The zero-order chi connectivity index (χ0) is 14.2. The first-order valence-electron chi connectivity index (χ1n) is 6.56. The Morgan fingerprint density at radius 1 is 0.905 bits per heavy atom. The van der Waals surface area contributed by atoms with Crippen molar-refractivity contribution in [3.8, 4) is 11.5 Å². The number of hydrogen-bond donors (Lipinski definition) is 0. The molecular weight excluding hydrogens is 264 g/mol. The summed E-state index contributed by atoms with van der Waals surface area (Å²) in [5.41, 5.74) is 1.77. The third kappa shape index (κ3) is 1.97. The van der Waals surface area contributed by atoms with E-state index in [1.165, 1.54) is 0 Å². The van der Waals surface area contributed by atoms with E-state index in [4.69, 9.17) is 4.42 Å². The van der Waals surface area contributed by atoms with E-state index in [1.54, 1.807) is 12.3 Å². The predicted octanol–water partition coefficient (Wildman–Crippen LogP) is 3.40. The summed E-state index contributed by atoms with van der Waals surface area (Å²) in [6, 6.07) is 16.7. The summed E-state index contributed by atoms with van der Waals surface area (Å²) < 4.78 is 5.37. The fraction of sp³-hybridized carbons (Fsp3) is 0. The third-order valence-corrected chi connectivity index (χ3v) is 3.37. The number of fused-ring (bicyclic) bond motifs is 2. The second-order valence-electron chi connectivity index (χ2n) is 4.73. The van der Waals surface area contributed by atoms with Crippen molar-refractivity contribution in [2.24, 2.45) is 0 Å². The number of rotatable bonds is 1. The molecule has 2 aromatic heterocycles. The average Bonchev–Trinajstić information content (AvgIpc) is 2.54. The molecule has 4 nitrogen and oxygen atoms in total. The second kappa shape index (κ2) is 4.52. The zero-order valence-electron chi connectivity index (χ0n) is 11.0. The fourth-order valence-corrected chi connectivity index (χ4v) is 2.34. The van der Waals surface area contributed by atoms with Crippen molar-refractivity contribution in [2.45, 2.75) is 0 Å². The van der Waals surface area contributed by atoms with Gasteiger partial charge in [0.05, 0.1) is 22.6 Å². The monoisotopic (exact) mass is 274 g/mol. The molecule has 21 heavy (non-hydrogen) atoms. The Morgan fingerprint density at radius 2 is 1.67 bits per heavy atom. The zero-order valence-corrected chi connectivity index (χ0v) is 11.0. The lowest BCUT2D eigenvalue weighted by Gasteiger charge is -2.03. The quantitative estimate of drug-likeness (QED) is 0.534. The molecule has 0 aliphatic heterocycles. The van der Waals surface area contributed by atoms with Crippen molar-refractivity contribution >= 4 is 21.8 Å². The minimum Gasteiger partial charge on any atom is -0.421 e. The number of para-hydroxylation sites is 2. The van der Waals surface area contributed by atoms with E-state index < -0.39 is 0 Å². The summed E-state index contributed by atoms with van der Waals surface area (Å²) in [6.07, 6.45) is 1.62. The lowest BCUT2D eigenvalue weighted by Crippen LogP contribution is -2.00. The molecule has 0 saturated carbocycles. The number of aromatic nitrogens is 2. The Morgan fingerprint density at radius 3 is 2.57 bits per heavy atom. The highest BCUT2D eigenvalue weighted by molar-refractivity contribution is 5.84. The lowest BCUT2D eigenvalue weighted by atomic mass is 10.1. The van der Waals surface area contributed by atoms with Crippen molar-refractivity contribution in [3.05, 3.63) is 71.2 Å². The molecule has 0 fully saturated rings. The molecule has 4 heteroatoms. The maximum Gasteiger partial charge on any atom is 0.344 e. The van der Waals surface area contributed by atoms with Crippen LogP contribution in [0.15, 0.2) is 70.0 Å². The molecule has 0 radical (unpaired) electrons. The molecule has 2 aromatic carbocycles. The van der Waals surface area contributed by atoms with Crippen LogP contribution in [0.1, 0.15) is 0 Å². The SMILES string of the molecule is O=c1oc(-c2cnc3ccccc3n2)cc2ccccc12. The average molecular weight is 274 g/mol. The Balaban J connectivity index is 1.97. The molecule has 4 rings (SSSR count). The van der Waals surface area contributed by atoms with E-state index in [0.717, 1.165) is 16.4 Å². The van der Waals surface area contributed by atoms with Gasteiger partial charge in [0.2, 0.25) is 0 Å². The minimum atomic E-state index is -0.363. The first-order chi connectivity index (χ1) is 10.3. The van der Waals surface area contributed by atoms with Gasteiger partial charge in [-0.3, -0.25) is 4.98 Å². The molecule has 100 valence electrons. The van der Waals surface area contributed by atoms with Gasteiger partial charge in [-0.25, -0.2) is 9.78 Å². The van der Waals surface area contributed by atoms with Crippen LogP contribution < -0.4 is 5.63 Å². The number of benzene rings is 2. The highest BCUT2D eigenvalue weighted by atomic mass is 16.4. The summed E-state index contributed by atoms with van der Waals surface area (Å²) in [4.78, 5) is 20.9. The van der Waals surface area contributed by atoms with Crippen LogP contribution in [0.3, 0.4) is 0 Å². The highest BCUT2D eigenvalue weighted by Crippen LogP contribution is 2.21. The molecular formula is C17H10N2O2. The van der Waals surface area contributed by atoms with Crippen molar-refractivity contribution in [2.75, 3.05) is 0 Å². The second-order valence-corrected chi connectivity index (χ2v) is 4.73. The first-order valence-corrected chi connectivity index (χ1v) is 6.56. The molecule has 0 bridgehead atoms. The van der Waals surface area contributed by atoms with E-state index in [0.29, 0.717) is 16.8 Å². The van der Waals surface area contributed by atoms with Crippen LogP contribution in [-0.4, -0.2) is 9.97 Å². The first kappa shape index (κ1) is 11.8. The van der Waals surface area contributed by atoms with Gasteiger partial charge in [0.15, 0.2) is 5.76 Å². The van der Waals surface area contributed by atoms with Gasteiger partial charge in [0.25, 0.3) is 0 Å². The Hall–Kier alpha value is -3.01. The molecule has 0 aliphatic rings. The highest BCUT2D eigenvalue weighted by Gasteiger charge is 2.08. The molecule has 0 unspecified atom stereocenters. The van der Waals surface area contributed by atoms with Crippen LogP contribution in [0.2, 0.25) is 0 Å². The van der Waals surface area contributed by atoms with Gasteiger partial charge < -0.3 is 4.42 Å². The predicted molar refractivity (Wildman–Crippen MR) is 81.0 cm³/mol. The van der Waals surface area contributed by atoms with Gasteiger partial charge in [0, 0.05) is 0 Å². The Kier molecular flexibility index (Phi) is 2.54. The largest absolute Gasteiger partial charge is 0.421 e. The van der Waals surface area contributed by atoms with E-state index >= 15 is 0 Å². The van der Waals surface area contributed by atoms with Crippen LogP contribution in [0.5, 0.6) is 0 Å². The van der Waals surface area contributed by atoms with Crippen LogP contribution in [0.4, 0.5) is 0 Å². The molecule has 4 aromatic rings. The maximum atomic E-state index is 12.0. The molecule has 0 amide bonds. The van der Waals surface area contributed by atoms with Crippen molar-refractivity contribution in [1.29, 1.82) is 0 Å². The van der Waals surface area contributed by atoms with E-state index in [1.807, 2.05) is 48.5 Å². The molecule has 2 heterocycles. The summed E-state index contributed by atoms with van der Waals surface area (Å²) in [5.74, 6) is 0.428. The van der Waals surface area contributed by atoms with Crippen molar-refractivity contribution in [3.63, 3.8) is 0 Å². The van der Waals surface area contributed by atoms with Gasteiger partial charge >= 0.3 is 5.63 Å². The normalized spacial score (nSPS) is 11.0. The smallest absolute Gasteiger partial charge is 0.344 e. The summed E-state index contributed by atoms with van der Waals surface area (Å²) in [6.45, 7) is 0. The van der Waals surface area contributed by atoms with Crippen molar-refractivity contribution < 1.29 is 4.42 Å². The summed E-state index contributed by atoms with van der Waals surface area (Å²) >= 11 is 0. The number of nitrogens with zero attached hydrogens (tertiary/aromatic N) is 2. The van der Waals surface area contributed by atoms with Crippen LogP contribution in [0.25, 0.3) is 33.3 Å². The third-order valence-electron chi connectivity index (χ3n) is 3.37. The Labute approximate surface area is 119 Å². The molecule has 0 spiro atoms. The van der Waals surface area contributed by atoms with Crippen LogP contribution >= 0.6 is 0 Å². The topological polar surface area (TPSA) is 56.0 Å². The van der Waals surface area contributed by atoms with E-state index in [2.05, 4.69) is 9.97 Å². The maximum absolute atomic E-state index is 12.0. The number of hydrogen-bond acceptors (Lipinski definition) is 4. The van der Waals surface area contributed by atoms with Gasteiger partial charge in [0.1, 0.15) is 5.69 Å². The van der Waals surface area contributed by atoms with Gasteiger partial charge in [-0.05, 0) is 29.7 Å². The molecule has 0 aliphatic carbocycles. The van der Waals surface area contributed by atoms with Crippen LogP contribution in [-0.2, 0) is 0 Å². The summed E-state index contributed by atoms with van der Waals surface area (Å²) in [7, 11) is 0. The van der Waals surface area contributed by atoms with Gasteiger partial charge in [-0.15, -0.1) is 0 Å². The van der Waals surface area contributed by atoms with Gasteiger partial charge in [-0.2, -0.15) is 0 Å². The Bertz CT molecular complexity index is 1020.